The fourth-order valence-electron chi connectivity index (χ4n) is 5.92. The minimum atomic E-state index is -0.612. The zero-order valence-electron chi connectivity index (χ0n) is 19.5. The maximum absolute atomic E-state index is 13.2. The molecule has 4 aliphatic rings. The number of carbonyl (C=O) groups excluding carboxylic acids is 3. The first-order chi connectivity index (χ1) is 16.0. The number of ether oxygens (including phenoxy) is 1. The van der Waals surface area contributed by atoms with Crippen LogP contribution in [0.25, 0.3) is 0 Å². The molecule has 1 N–H and O–H groups in total. The van der Waals surface area contributed by atoms with Crippen molar-refractivity contribution in [3.05, 3.63) is 23.3 Å². The van der Waals surface area contributed by atoms with E-state index < -0.39 is 6.04 Å². The van der Waals surface area contributed by atoms with Crippen molar-refractivity contribution in [3.8, 4) is 5.75 Å². The van der Waals surface area contributed by atoms with Crippen molar-refractivity contribution >= 4 is 23.4 Å². The molecule has 0 spiro atoms. The molecule has 8 heteroatoms. The number of carbonyl (C=O) groups is 3. The number of benzene rings is 1. The molecule has 3 fully saturated rings. The number of fused-ring (bicyclic) bond motifs is 1. The third-order valence-electron chi connectivity index (χ3n) is 7.77. The molecule has 0 radical (unpaired) electrons. The Kier molecular flexibility index (Phi) is 6.27. The first kappa shape index (κ1) is 22.2. The van der Waals surface area contributed by atoms with Gasteiger partial charge in [0.05, 0.1) is 12.7 Å². The molecule has 1 aliphatic carbocycles. The Morgan fingerprint density at radius 1 is 1.00 bits per heavy atom. The number of methoxy groups -OCH3 is 1. The van der Waals surface area contributed by atoms with E-state index in [1.165, 1.54) is 38.6 Å². The number of piperazine rings is 1. The Bertz CT molecular complexity index is 935. The molecule has 5 rings (SSSR count). The maximum Gasteiger partial charge on any atom is 0.258 e. The SMILES string of the molecule is COc1cc(N2CCN(CC3CCCCC3)CC2)cc2c1C(=O)N(C1CCC(=O)NC1=O)C2. The van der Waals surface area contributed by atoms with E-state index in [1.54, 1.807) is 12.0 Å². The summed E-state index contributed by atoms with van der Waals surface area (Å²) in [5.74, 6) is 0.561. The number of amides is 3. The summed E-state index contributed by atoms with van der Waals surface area (Å²) in [6.07, 6.45) is 7.53. The minimum absolute atomic E-state index is 0.194. The topological polar surface area (TPSA) is 82.2 Å². The van der Waals surface area contributed by atoms with Crippen LogP contribution in [0.5, 0.6) is 5.75 Å². The van der Waals surface area contributed by atoms with E-state index >= 15 is 0 Å². The van der Waals surface area contributed by atoms with E-state index in [0.29, 0.717) is 24.3 Å². The van der Waals surface area contributed by atoms with Crippen molar-refractivity contribution in [2.75, 3.05) is 44.7 Å². The lowest BCUT2D eigenvalue weighted by atomic mass is 9.89. The fourth-order valence-corrected chi connectivity index (χ4v) is 5.92. The van der Waals surface area contributed by atoms with Gasteiger partial charge in [-0.05, 0) is 36.8 Å². The van der Waals surface area contributed by atoms with Crippen molar-refractivity contribution in [3.63, 3.8) is 0 Å². The van der Waals surface area contributed by atoms with Crippen LogP contribution in [0.3, 0.4) is 0 Å². The molecule has 33 heavy (non-hydrogen) atoms. The third-order valence-corrected chi connectivity index (χ3v) is 7.77. The van der Waals surface area contributed by atoms with Gasteiger partial charge in [0.1, 0.15) is 11.8 Å². The highest BCUT2D eigenvalue weighted by molar-refractivity contribution is 6.06. The monoisotopic (exact) mass is 454 g/mol. The Morgan fingerprint density at radius 3 is 2.45 bits per heavy atom. The zero-order valence-corrected chi connectivity index (χ0v) is 19.5. The van der Waals surface area contributed by atoms with Crippen LogP contribution in [0, 0.1) is 5.92 Å². The van der Waals surface area contributed by atoms with Gasteiger partial charge < -0.3 is 14.5 Å². The summed E-state index contributed by atoms with van der Waals surface area (Å²) in [7, 11) is 1.59. The standard InChI is InChI=1S/C25H34N4O4/c1-33-21-14-19(28-11-9-27(10-12-28)15-17-5-3-2-4-6-17)13-18-16-29(25(32)23(18)21)20-7-8-22(30)26-24(20)31/h13-14,17,20H,2-12,15-16H2,1H3,(H,26,30,31). The third kappa shape index (κ3) is 4.45. The van der Waals surface area contributed by atoms with Crippen LogP contribution >= 0.6 is 0 Å². The molecular weight excluding hydrogens is 420 g/mol. The average Bonchev–Trinajstić information content (AvgIpc) is 3.16. The predicted octanol–water partition coefficient (Wildman–Crippen LogP) is 2.16. The molecule has 8 nitrogen and oxygen atoms in total. The molecule has 1 aromatic carbocycles. The molecule has 3 heterocycles. The lowest BCUT2D eigenvalue weighted by Crippen LogP contribution is -2.52. The highest BCUT2D eigenvalue weighted by Crippen LogP contribution is 2.37. The van der Waals surface area contributed by atoms with Crippen LogP contribution in [-0.2, 0) is 16.1 Å². The summed E-state index contributed by atoms with van der Waals surface area (Å²) in [5.41, 5.74) is 2.51. The van der Waals surface area contributed by atoms with Gasteiger partial charge in [0.15, 0.2) is 0 Å². The van der Waals surface area contributed by atoms with E-state index in [2.05, 4.69) is 21.2 Å². The second-order valence-corrected chi connectivity index (χ2v) is 9.87. The summed E-state index contributed by atoms with van der Waals surface area (Å²) in [4.78, 5) is 43.6. The summed E-state index contributed by atoms with van der Waals surface area (Å²) >= 11 is 0. The van der Waals surface area contributed by atoms with Gasteiger partial charge in [-0.3, -0.25) is 24.6 Å². The Labute approximate surface area is 195 Å². The van der Waals surface area contributed by atoms with Crippen molar-refractivity contribution < 1.29 is 19.1 Å². The van der Waals surface area contributed by atoms with Crippen LogP contribution in [0.15, 0.2) is 12.1 Å². The Morgan fingerprint density at radius 2 is 1.76 bits per heavy atom. The molecule has 2 saturated heterocycles. The number of hydrogen-bond acceptors (Lipinski definition) is 6. The number of piperidine rings is 1. The summed E-state index contributed by atoms with van der Waals surface area (Å²) in [6.45, 7) is 5.61. The fraction of sp³-hybridized carbons (Fsp3) is 0.640. The number of anilines is 1. The quantitative estimate of drug-likeness (QED) is 0.687. The van der Waals surface area contributed by atoms with Gasteiger partial charge in [0, 0.05) is 57.4 Å². The first-order valence-corrected chi connectivity index (χ1v) is 12.4. The minimum Gasteiger partial charge on any atom is -0.496 e. The van der Waals surface area contributed by atoms with Crippen molar-refractivity contribution in [2.45, 2.75) is 57.5 Å². The van der Waals surface area contributed by atoms with Crippen LogP contribution in [0.4, 0.5) is 5.69 Å². The second kappa shape index (κ2) is 9.33. The number of imide groups is 1. The van der Waals surface area contributed by atoms with E-state index in [0.717, 1.165) is 43.3 Å². The Balaban J connectivity index is 1.27. The molecule has 178 valence electrons. The van der Waals surface area contributed by atoms with Gasteiger partial charge in [-0.15, -0.1) is 0 Å². The van der Waals surface area contributed by atoms with E-state index in [4.69, 9.17) is 4.74 Å². The Hall–Kier alpha value is -2.61. The number of hydrogen-bond donors (Lipinski definition) is 1. The van der Waals surface area contributed by atoms with Gasteiger partial charge in [-0.1, -0.05) is 19.3 Å². The normalized spacial score (nSPS) is 24.8. The molecule has 3 amide bonds. The second-order valence-electron chi connectivity index (χ2n) is 9.87. The molecule has 1 saturated carbocycles. The molecular formula is C25H34N4O4. The molecule has 1 unspecified atom stereocenters. The van der Waals surface area contributed by atoms with Crippen molar-refractivity contribution in [1.82, 2.24) is 15.1 Å². The number of nitrogens with zero attached hydrogens (tertiary/aromatic N) is 3. The molecule has 0 bridgehead atoms. The van der Waals surface area contributed by atoms with Gasteiger partial charge >= 0.3 is 0 Å². The lowest BCUT2D eigenvalue weighted by Gasteiger charge is -2.38. The first-order valence-electron chi connectivity index (χ1n) is 12.4. The van der Waals surface area contributed by atoms with Crippen LogP contribution in [0.2, 0.25) is 0 Å². The van der Waals surface area contributed by atoms with E-state index in [-0.39, 0.29) is 24.1 Å². The average molecular weight is 455 g/mol. The highest BCUT2D eigenvalue weighted by atomic mass is 16.5. The number of nitrogens with one attached hydrogen (secondary N) is 1. The van der Waals surface area contributed by atoms with Gasteiger partial charge in [-0.2, -0.15) is 0 Å². The summed E-state index contributed by atoms with van der Waals surface area (Å²) in [5, 5.41) is 2.36. The van der Waals surface area contributed by atoms with Crippen molar-refractivity contribution in [2.24, 2.45) is 5.92 Å². The zero-order chi connectivity index (χ0) is 22.9. The van der Waals surface area contributed by atoms with Gasteiger partial charge in [0.2, 0.25) is 11.8 Å². The molecule has 1 atom stereocenters. The summed E-state index contributed by atoms with van der Waals surface area (Å²) in [6, 6.07) is 3.43. The van der Waals surface area contributed by atoms with Crippen molar-refractivity contribution in [1.29, 1.82) is 0 Å². The lowest BCUT2D eigenvalue weighted by molar-refractivity contribution is -0.136. The van der Waals surface area contributed by atoms with Gasteiger partial charge in [0.25, 0.3) is 5.91 Å². The molecule has 0 aromatic heterocycles. The molecule has 3 aliphatic heterocycles. The summed E-state index contributed by atoms with van der Waals surface area (Å²) < 4.78 is 5.62. The highest BCUT2D eigenvalue weighted by Gasteiger charge is 2.41. The molecule has 1 aromatic rings. The van der Waals surface area contributed by atoms with Crippen LogP contribution in [-0.4, -0.2) is 73.4 Å². The largest absolute Gasteiger partial charge is 0.496 e. The predicted molar refractivity (Wildman–Crippen MR) is 124 cm³/mol. The van der Waals surface area contributed by atoms with E-state index in [9.17, 15) is 14.4 Å². The smallest absolute Gasteiger partial charge is 0.258 e. The van der Waals surface area contributed by atoms with Crippen LogP contribution in [0.1, 0.15) is 60.9 Å². The van der Waals surface area contributed by atoms with E-state index in [1.807, 2.05) is 6.07 Å². The maximum atomic E-state index is 13.2. The van der Waals surface area contributed by atoms with Gasteiger partial charge in [-0.25, -0.2) is 0 Å². The number of rotatable bonds is 5. The van der Waals surface area contributed by atoms with Crippen LogP contribution < -0.4 is 15.0 Å².